The Bertz CT molecular complexity index is 506. The molecule has 0 aliphatic rings. The van der Waals surface area contributed by atoms with Crippen LogP contribution in [0.3, 0.4) is 0 Å². The van der Waals surface area contributed by atoms with Gasteiger partial charge in [0.05, 0.1) is 5.69 Å². The van der Waals surface area contributed by atoms with Crippen LogP contribution in [0.1, 0.15) is 26.3 Å². The van der Waals surface area contributed by atoms with Crippen LogP contribution in [0.25, 0.3) is 0 Å². The van der Waals surface area contributed by atoms with Crippen molar-refractivity contribution in [1.82, 2.24) is 10.6 Å². The summed E-state index contributed by atoms with van der Waals surface area (Å²) in [5, 5.41) is 5.22. The molecule has 104 valence electrons. The summed E-state index contributed by atoms with van der Waals surface area (Å²) >= 11 is 3.40. The van der Waals surface area contributed by atoms with Gasteiger partial charge in [-0.3, -0.25) is 5.32 Å². The molecule has 0 saturated heterocycles. The highest BCUT2D eigenvalue weighted by Crippen LogP contribution is 2.25. The van der Waals surface area contributed by atoms with Crippen LogP contribution in [0.4, 0.5) is 10.5 Å². The van der Waals surface area contributed by atoms with Crippen LogP contribution >= 0.6 is 15.9 Å². The molecule has 0 unspecified atom stereocenters. The van der Waals surface area contributed by atoms with E-state index in [1.165, 1.54) is 0 Å². The highest BCUT2D eigenvalue weighted by molar-refractivity contribution is 9.10. The van der Waals surface area contributed by atoms with Crippen LogP contribution < -0.4 is 16.4 Å². The fourth-order valence-corrected chi connectivity index (χ4v) is 1.93. The number of nitrogens with two attached hydrogens (primary N) is 1. The van der Waals surface area contributed by atoms with Crippen LogP contribution in [0.15, 0.2) is 27.7 Å². The van der Waals surface area contributed by atoms with Gasteiger partial charge in [-0.15, -0.1) is 0 Å². The molecule has 19 heavy (non-hydrogen) atoms. The van der Waals surface area contributed by atoms with Gasteiger partial charge in [-0.1, -0.05) is 6.07 Å². The van der Waals surface area contributed by atoms with Crippen LogP contribution in [0.5, 0.6) is 0 Å². The van der Waals surface area contributed by atoms with E-state index in [4.69, 9.17) is 5.73 Å². The second kappa shape index (κ2) is 6.06. The zero-order valence-electron chi connectivity index (χ0n) is 11.5. The topological polar surface area (TPSA) is 79.5 Å². The molecule has 1 aromatic rings. The lowest BCUT2D eigenvalue weighted by Gasteiger charge is -2.20. The largest absolute Gasteiger partial charge is 0.369 e. The van der Waals surface area contributed by atoms with Gasteiger partial charge in [0.2, 0.25) is 5.96 Å². The van der Waals surface area contributed by atoms with Crippen molar-refractivity contribution in [1.29, 1.82) is 0 Å². The number of nitrogens with one attached hydrogen (secondary N) is 2. The summed E-state index contributed by atoms with van der Waals surface area (Å²) < 4.78 is 0.827. The maximum absolute atomic E-state index is 11.6. The predicted octanol–water partition coefficient (Wildman–Crippen LogP) is 2.80. The number of hydrogen-bond donors (Lipinski definition) is 3. The number of guanidine groups is 1. The molecule has 0 saturated carbocycles. The van der Waals surface area contributed by atoms with E-state index < -0.39 is 0 Å². The molecule has 0 atom stereocenters. The van der Waals surface area contributed by atoms with E-state index in [1.807, 2.05) is 45.9 Å². The zero-order chi connectivity index (χ0) is 14.6. The smallest absolute Gasteiger partial charge is 0.321 e. The number of rotatable bonds is 1. The fraction of sp³-hybridized carbons (Fsp3) is 0.385. The molecule has 0 aromatic heterocycles. The Morgan fingerprint density at radius 2 is 2.00 bits per heavy atom. The van der Waals surface area contributed by atoms with Gasteiger partial charge in [0.25, 0.3) is 0 Å². The van der Waals surface area contributed by atoms with E-state index in [1.54, 1.807) is 0 Å². The molecular formula is C13H19BrN4O. The quantitative estimate of drug-likeness (QED) is 0.548. The molecular weight excluding hydrogens is 308 g/mol. The van der Waals surface area contributed by atoms with Gasteiger partial charge in [0.1, 0.15) is 0 Å². The summed E-state index contributed by atoms with van der Waals surface area (Å²) in [5.74, 6) is 0.0475. The first-order valence-corrected chi connectivity index (χ1v) is 6.66. The molecule has 2 amide bonds. The molecule has 5 nitrogen and oxygen atoms in total. The predicted molar refractivity (Wildman–Crippen MR) is 81.6 cm³/mol. The summed E-state index contributed by atoms with van der Waals surface area (Å²) in [7, 11) is 0. The summed E-state index contributed by atoms with van der Waals surface area (Å²) in [6.45, 7) is 7.64. The molecule has 0 heterocycles. The van der Waals surface area contributed by atoms with Gasteiger partial charge in [0.15, 0.2) is 0 Å². The SMILES string of the molecule is Cc1ccc(N=C(N)NC(=O)NC(C)(C)C)c(Br)c1. The van der Waals surface area contributed by atoms with Gasteiger partial charge in [0, 0.05) is 10.0 Å². The summed E-state index contributed by atoms with van der Waals surface area (Å²) in [6.07, 6.45) is 0. The number of nitrogens with zero attached hydrogens (tertiary/aromatic N) is 1. The summed E-state index contributed by atoms with van der Waals surface area (Å²) in [6, 6.07) is 5.31. The monoisotopic (exact) mass is 326 g/mol. The van der Waals surface area contributed by atoms with Crippen LogP contribution in [0.2, 0.25) is 0 Å². The molecule has 1 aromatic carbocycles. The van der Waals surface area contributed by atoms with Crippen molar-refractivity contribution >= 4 is 33.6 Å². The third-order valence-corrected chi connectivity index (χ3v) is 2.71. The highest BCUT2D eigenvalue weighted by atomic mass is 79.9. The normalized spacial score (nSPS) is 12.2. The number of aryl methyl sites for hydroxylation is 1. The molecule has 0 spiro atoms. The van der Waals surface area contributed by atoms with Gasteiger partial charge >= 0.3 is 6.03 Å². The van der Waals surface area contributed by atoms with Gasteiger partial charge < -0.3 is 11.1 Å². The first-order chi connectivity index (χ1) is 8.67. The Morgan fingerprint density at radius 1 is 1.37 bits per heavy atom. The number of hydrogen-bond acceptors (Lipinski definition) is 2. The van der Waals surface area contributed by atoms with Crippen molar-refractivity contribution in [3.8, 4) is 0 Å². The van der Waals surface area contributed by atoms with Gasteiger partial charge in [-0.2, -0.15) is 0 Å². The van der Waals surface area contributed by atoms with Gasteiger partial charge in [-0.05, 0) is 61.3 Å². The van der Waals surface area contributed by atoms with Crippen molar-refractivity contribution < 1.29 is 4.79 Å². The third kappa shape index (κ3) is 5.74. The lowest BCUT2D eigenvalue weighted by molar-refractivity contribution is 0.236. The van der Waals surface area contributed by atoms with Crippen molar-refractivity contribution in [2.75, 3.05) is 0 Å². The van der Waals surface area contributed by atoms with Crippen molar-refractivity contribution in [2.45, 2.75) is 33.2 Å². The molecule has 0 bridgehead atoms. The van der Waals surface area contributed by atoms with E-state index in [9.17, 15) is 4.79 Å². The van der Waals surface area contributed by atoms with E-state index in [2.05, 4.69) is 31.6 Å². The highest BCUT2D eigenvalue weighted by Gasteiger charge is 2.14. The Morgan fingerprint density at radius 3 is 2.53 bits per heavy atom. The molecule has 1 rings (SSSR count). The maximum Gasteiger partial charge on any atom is 0.321 e. The third-order valence-electron chi connectivity index (χ3n) is 2.07. The maximum atomic E-state index is 11.6. The van der Waals surface area contributed by atoms with E-state index in [0.29, 0.717) is 5.69 Å². The Hall–Kier alpha value is -1.56. The molecule has 0 radical (unpaired) electrons. The van der Waals surface area contributed by atoms with Gasteiger partial charge in [-0.25, -0.2) is 9.79 Å². The molecule has 0 aliphatic carbocycles. The number of amides is 2. The number of benzene rings is 1. The number of aliphatic imine (C=N–C) groups is 1. The number of carbonyl (C=O) groups excluding carboxylic acids is 1. The fourth-order valence-electron chi connectivity index (χ4n) is 1.35. The first-order valence-electron chi connectivity index (χ1n) is 5.87. The van der Waals surface area contributed by atoms with Crippen LogP contribution in [-0.4, -0.2) is 17.5 Å². The minimum Gasteiger partial charge on any atom is -0.369 e. The summed E-state index contributed by atoms with van der Waals surface area (Å²) in [5.41, 5.74) is 7.14. The van der Waals surface area contributed by atoms with Crippen LogP contribution in [-0.2, 0) is 0 Å². The van der Waals surface area contributed by atoms with E-state index in [-0.39, 0.29) is 17.5 Å². The minimum atomic E-state index is -0.378. The standard InChI is InChI=1S/C13H19BrN4O/c1-8-5-6-10(9(14)7-8)16-11(15)17-12(19)18-13(2,3)4/h5-7H,1-4H3,(H4,15,16,17,18,19). The molecule has 0 fully saturated rings. The van der Waals surface area contributed by atoms with Crippen molar-refractivity contribution in [2.24, 2.45) is 10.7 Å². The first kappa shape index (κ1) is 15.5. The van der Waals surface area contributed by atoms with Crippen molar-refractivity contribution in [3.05, 3.63) is 28.2 Å². The average molecular weight is 327 g/mol. The Labute approximate surface area is 121 Å². The lowest BCUT2D eigenvalue weighted by Crippen LogP contribution is -2.50. The lowest BCUT2D eigenvalue weighted by atomic mass is 10.1. The average Bonchev–Trinajstić information content (AvgIpc) is 2.19. The van der Waals surface area contributed by atoms with E-state index >= 15 is 0 Å². The molecule has 4 N–H and O–H groups in total. The van der Waals surface area contributed by atoms with Crippen LogP contribution in [0, 0.1) is 6.92 Å². The second-order valence-corrected chi connectivity index (χ2v) is 6.14. The Balaban J connectivity index is 2.74. The summed E-state index contributed by atoms with van der Waals surface area (Å²) in [4.78, 5) is 15.7. The molecule has 0 aliphatic heterocycles. The number of halogens is 1. The van der Waals surface area contributed by atoms with E-state index in [0.717, 1.165) is 10.0 Å². The minimum absolute atomic E-state index is 0.0475. The second-order valence-electron chi connectivity index (χ2n) is 5.28. The number of urea groups is 1. The number of carbonyl (C=O) groups is 1. The molecule has 6 heteroatoms. The zero-order valence-corrected chi connectivity index (χ0v) is 13.1. The Kier molecular flexibility index (Phi) is 4.94. The van der Waals surface area contributed by atoms with Crippen molar-refractivity contribution in [3.63, 3.8) is 0 Å².